The first kappa shape index (κ1) is 33.5. The number of alkyl halides is 2. The summed E-state index contributed by atoms with van der Waals surface area (Å²) in [6, 6.07) is 6.85. The molecule has 1 amide bonds. The molecule has 0 saturated heterocycles. The molecule has 0 aliphatic rings. The molecule has 2 atom stereocenters. The van der Waals surface area contributed by atoms with Gasteiger partial charge in [0.25, 0.3) is 12.0 Å². The van der Waals surface area contributed by atoms with Crippen molar-refractivity contribution in [2.24, 2.45) is 5.92 Å². The van der Waals surface area contributed by atoms with Gasteiger partial charge in [0, 0.05) is 36.9 Å². The summed E-state index contributed by atoms with van der Waals surface area (Å²) in [7, 11) is 3.71. The van der Waals surface area contributed by atoms with E-state index < -0.39 is 47.9 Å². The third-order valence-electron chi connectivity index (χ3n) is 7.90. The van der Waals surface area contributed by atoms with Crippen LogP contribution in [0.3, 0.4) is 0 Å². The van der Waals surface area contributed by atoms with E-state index in [0.717, 1.165) is 26.8 Å². The summed E-state index contributed by atoms with van der Waals surface area (Å²) >= 11 is 0. The van der Waals surface area contributed by atoms with Crippen molar-refractivity contribution in [3.8, 4) is 11.1 Å². The van der Waals surface area contributed by atoms with E-state index in [1.165, 1.54) is 12.3 Å². The number of aromatic nitrogens is 3. The van der Waals surface area contributed by atoms with E-state index in [1.807, 2.05) is 71.0 Å². The molecule has 9 nitrogen and oxygen atoms in total. The highest BCUT2D eigenvalue weighted by Crippen LogP contribution is 2.33. The maximum atomic E-state index is 14.1. The molecule has 0 saturated carbocycles. The number of aliphatic carboxylic acids is 1. The molecule has 2 N–H and O–H groups in total. The minimum Gasteiger partial charge on any atom is -0.481 e. The Kier molecular flexibility index (Phi) is 10.5. The van der Waals surface area contributed by atoms with Crippen LogP contribution >= 0.6 is 0 Å². The van der Waals surface area contributed by atoms with Crippen molar-refractivity contribution in [3.63, 3.8) is 0 Å². The van der Waals surface area contributed by atoms with Crippen molar-refractivity contribution in [1.82, 2.24) is 24.2 Å². The number of carboxylic acids is 1. The van der Waals surface area contributed by atoms with Crippen LogP contribution in [0.25, 0.3) is 16.8 Å². The van der Waals surface area contributed by atoms with E-state index in [-0.39, 0.29) is 12.3 Å². The highest BCUT2D eigenvalue weighted by molar-refractivity contribution is 5.84. The quantitative estimate of drug-likeness (QED) is 0.197. The highest BCUT2D eigenvalue weighted by Gasteiger charge is 2.29. The van der Waals surface area contributed by atoms with Crippen molar-refractivity contribution < 1.29 is 23.5 Å². The number of rotatable bonds is 13. The number of pyridine rings is 2. The first-order chi connectivity index (χ1) is 21.3. The molecule has 45 heavy (non-hydrogen) atoms. The highest BCUT2D eigenvalue weighted by atomic mass is 19.3. The second-order valence-electron chi connectivity index (χ2n) is 12.3. The normalized spacial score (nSPS) is 13.1. The Hall–Kier alpha value is -4.38. The zero-order valence-electron chi connectivity index (χ0n) is 26.6. The van der Waals surface area contributed by atoms with Gasteiger partial charge >= 0.3 is 5.97 Å². The molecule has 11 heteroatoms. The zero-order chi connectivity index (χ0) is 33.0. The Balaban J connectivity index is 1.81. The van der Waals surface area contributed by atoms with Crippen molar-refractivity contribution in [2.45, 2.75) is 65.5 Å². The number of fused-ring (bicyclic) bond motifs is 1. The van der Waals surface area contributed by atoms with E-state index in [2.05, 4.69) is 10.3 Å². The van der Waals surface area contributed by atoms with Crippen LogP contribution in [0.2, 0.25) is 0 Å². The number of halogens is 2. The molecule has 0 fully saturated rings. The van der Waals surface area contributed by atoms with Crippen molar-refractivity contribution in [2.75, 3.05) is 20.6 Å². The van der Waals surface area contributed by atoms with Gasteiger partial charge in [-0.15, -0.1) is 0 Å². The molecule has 3 aromatic heterocycles. The van der Waals surface area contributed by atoms with Crippen LogP contribution in [0.5, 0.6) is 0 Å². The largest absolute Gasteiger partial charge is 0.481 e. The van der Waals surface area contributed by atoms with E-state index >= 15 is 0 Å². The average molecular weight is 622 g/mol. The number of likely N-dealkylation sites (N-methyl/N-ethyl adjacent to an activating group) is 1. The fraction of sp³-hybridized carbons (Fsp3) is 0.412. The van der Waals surface area contributed by atoms with E-state index in [9.17, 15) is 28.3 Å². The maximum Gasteiger partial charge on any atom is 0.305 e. The van der Waals surface area contributed by atoms with Crippen LogP contribution in [-0.4, -0.2) is 56.5 Å². The van der Waals surface area contributed by atoms with Gasteiger partial charge in [-0.25, -0.2) is 13.8 Å². The van der Waals surface area contributed by atoms with Crippen LogP contribution in [0.1, 0.15) is 73.0 Å². The summed E-state index contributed by atoms with van der Waals surface area (Å²) in [5.74, 6) is -1.84. The number of nitrogens with one attached hydrogen (secondary N) is 1. The number of hydrogen-bond acceptors (Lipinski definition) is 5. The Morgan fingerprint density at radius 2 is 1.78 bits per heavy atom. The molecular weight excluding hydrogens is 580 g/mol. The number of nitrogens with zero attached hydrogens (tertiary/aromatic N) is 4. The fourth-order valence-electron chi connectivity index (χ4n) is 5.72. The van der Waals surface area contributed by atoms with Gasteiger partial charge in [0.15, 0.2) is 0 Å². The molecule has 0 aliphatic carbocycles. The maximum absolute atomic E-state index is 14.1. The number of amides is 1. The third kappa shape index (κ3) is 7.83. The number of hydrogen-bond donors (Lipinski definition) is 2. The summed E-state index contributed by atoms with van der Waals surface area (Å²) in [6.45, 7) is 8.27. The van der Waals surface area contributed by atoms with Gasteiger partial charge in [-0.05, 0) is 86.7 Å². The standard InChI is InChI=1S/C34H41F2N5O4/c1-20(2)14-28(41-18-23(10-12-39(5)6)15-26(31(35)36)34(41)45)33(44)38-27(17-29(42)43)24-16-25(32-37-11-13-40(32)19-24)30-21(3)8-7-9-22(30)4/h7-9,11,13,15-16,18-20,27-28,31H,10,12,14,17H2,1-6H3,(H,38,44)(H,42,43). The number of benzene rings is 1. The Bertz CT molecular complexity index is 1720. The van der Waals surface area contributed by atoms with Crippen LogP contribution in [0, 0.1) is 19.8 Å². The van der Waals surface area contributed by atoms with Crippen molar-refractivity contribution >= 4 is 17.5 Å². The first-order valence-corrected chi connectivity index (χ1v) is 15.0. The molecule has 3 heterocycles. The summed E-state index contributed by atoms with van der Waals surface area (Å²) in [5.41, 5.74) is 3.85. The number of carbonyl (C=O) groups excluding carboxylic acids is 1. The molecule has 0 aliphatic heterocycles. The topological polar surface area (TPSA) is 109 Å². The molecular formula is C34H41F2N5O4. The van der Waals surface area contributed by atoms with E-state index in [1.54, 1.807) is 23.0 Å². The Morgan fingerprint density at radius 3 is 2.38 bits per heavy atom. The number of imidazole rings is 1. The average Bonchev–Trinajstić information content (AvgIpc) is 3.43. The molecule has 0 bridgehead atoms. The lowest BCUT2D eigenvalue weighted by atomic mass is 9.93. The lowest BCUT2D eigenvalue weighted by Crippen LogP contribution is -2.41. The van der Waals surface area contributed by atoms with Gasteiger partial charge < -0.3 is 24.3 Å². The van der Waals surface area contributed by atoms with Crippen molar-refractivity contribution in [1.29, 1.82) is 0 Å². The minimum atomic E-state index is -3.02. The SMILES string of the molecule is Cc1cccc(C)c1-c1cc(C(CC(=O)O)NC(=O)C(CC(C)C)n2cc(CCN(C)C)cc(C(F)F)c2=O)cn2ccnc12. The predicted molar refractivity (Wildman–Crippen MR) is 170 cm³/mol. The second kappa shape index (κ2) is 14.2. The summed E-state index contributed by atoms with van der Waals surface area (Å²) in [6.07, 6.45) is 3.73. The van der Waals surface area contributed by atoms with Crippen LogP contribution < -0.4 is 10.9 Å². The summed E-state index contributed by atoms with van der Waals surface area (Å²) < 4.78 is 30.9. The molecule has 240 valence electrons. The van der Waals surface area contributed by atoms with Crippen LogP contribution in [0.4, 0.5) is 8.78 Å². The first-order valence-electron chi connectivity index (χ1n) is 15.0. The van der Waals surface area contributed by atoms with Gasteiger partial charge in [0.05, 0.1) is 18.0 Å². The van der Waals surface area contributed by atoms with Crippen molar-refractivity contribution in [3.05, 3.63) is 93.3 Å². The molecule has 4 aromatic rings. The van der Waals surface area contributed by atoms with Crippen LogP contribution in [-0.2, 0) is 16.0 Å². The summed E-state index contributed by atoms with van der Waals surface area (Å²) in [5, 5.41) is 12.7. The van der Waals surface area contributed by atoms with E-state index in [4.69, 9.17) is 0 Å². The third-order valence-corrected chi connectivity index (χ3v) is 7.90. The molecule has 0 spiro atoms. The Labute approximate surface area is 261 Å². The predicted octanol–water partition coefficient (Wildman–Crippen LogP) is 5.74. The summed E-state index contributed by atoms with van der Waals surface area (Å²) in [4.78, 5) is 45.9. The number of aryl methyl sites for hydroxylation is 2. The lowest BCUT2D eigenvalue weighted by molar-refractivity contribution is -0.138. The smallest absolute Gasteiger partial charge is 0.305 e. The zero-order valence-corrected chi connectivity index (χ0v) is 26.6. The Morgan fingerprint density at radius 1 is 1.09 bits per heavy atom. The lowest BCUT2D eigenvalue weighted by Gasteiger charge is -2.26. The number of carbonyl (C=O) groups is 2. The van der Waals surface area contributed by atoms with Gasteiger partial charge in [-0.2, -0.15) is 0 Å². The molecule has 2 unspecified atom stereocenters. The minimum absolute atomic E-state index is 0.0797. The van der Waals surface area contributed by atoms with Gasteiger partial charge in [0.2, 0.25) is 5.91 Å². The molecule has 1 aromatic carbocycles. The van der Waals surface area contributed by atoms with Gasteiger partial charge in [-0.3, -0.25) is 14.4 Å². The molecule has 4 rings (SSSR count). The van der Waals surface area contributed by atoms with E-state index in [0.29, 0.717) is 29.7 Å². The van der Waals surface area contributed by atoms with Crippen LogP contribution in [0.15, 0.2) is 59.9 Å². The van der Waals surface area contributed by atoms with Gasteiger partial charge in [0.1, 0.15) is 11.7 Å². The fourth-order valence-corrected chi connectivity index (χ4v) is 5.72. The second-order valence-corrected chi connectivity index (χ2v) is 12.3. The molecule has 0 radical (unpaired) electrons. The number of carboxylic acid groups (broad SMARTS) is 1. The monoisotopic (exact) mass is 621 g/mol. The van der Waals surface area contributed by atoms with Gasteiger partial charge in [-0.1, -0.05) is 32.0 Å².